The van der Waals surface area contributed by atoms with Gasteiger partial charge >= 0.3 is 7.82 Å². The summed E-state index contributed by atoms with van der Waals surface area (Å²) >= 11 is 0. The van der Waals surface area contributed by atoms with Crippen molar-refractivity contribution in [3.05, 3.63) is 0 Å². The van der Waals surface area contributed by atoms with Crippen molar-refractivity contribution in [1.82, 2.24) is 0 Å². The van der Waals surface area contributed by atoms with Crippen LogP contribution in [0.4, 0.5) is 0 Å². The van der Waals surface area contributed by atoms with Crippen LogP contribution in [0.3, 0.4) is 0 Å². The van der Waals surface area contributed by atoms with Crippen LogP contribution in [0, 0.1) is 5.41 Å². The fourth-order valence-electron chi connectivity index (χ4n) is 3.83. The maximum absolute atomic E-state index is 12.6. The van der Waals surface area contributed by atoms with Crippen molar-refractivity contribution in [2.45, 2.75) is 103 Å². The van der Waals surface area contributed by atoms with Crippen molar-refractivity contribution in [3.63, 3.8) is 0 Å². The fraction of sp³-hybridized carbons (Fsp3) is 1.00. The van der Waals surface area contributed by atoms with Crippen LogP contribution in [-0.4, -0.2) is 69.2 Å². The molecule has 0 aromatic rings. The van der Waals surface area contributed by atoms with Gasteiger partial charge in [0.25, 0.3) is 0 Å². The van der Waals surface area contributed by atoms with Gasteiger partial charge < -0.3 is 19.1 Å². The number of phosphoric acid groups is 1. The Kier molecular flexibility index (Phi) is 7.92. The van der Waals surface area contributed by atoms with Gasteiger partial charge in [-0.1, -0.05) is 20.8 Å². The van der Waals surface area contributed by atoms with Crippen LogP contribution < -0.4 is 0 Å². The summed E-state index contributed by atoms with van der Waals surface area (Å²) in [6.45, 7) is 12.2. The quantitative estimate of drug-likeness (QED) is 0.497. The van der Waals surface area contributed by atoms with Crippen molar-refractivity contribution in [2.75, 3.05) is 6.61 Å². The summed E-state index contributed by atoms with van der Waals surface area (Å²) in [7, 11) is -0.327. The molecule has 7 nitrogen and oxygen atoms in total. The lowest BCUT2D eigenvalue weighted by Gasteiger charge is -2.29. The van der Waals surface area contributed by atoms with E-state index in [2.05, 4.69) is 20.8 Å². The fourth-order valence-corrected chi connectivity index (χ4v) is 4.79. The van der Waals surface area contributed by atoms with E-state index in [0.29, 0.717) is 6.42 Å². The molecule has 0 aliphatic carbocycles. The van der Waals surface area contributed by atoms with Crippen molar-refractivity contribution in [2.24, 2.45) is 5.41 Å². The summed E-state index contributed by atoms with van der Waals surface area (Å²) in [6, 6.07) is 0.00104. The second-order valence-electron chi connectivity index (χ2n) is 10.4. The number of rotatable bonds is 7. The summed E-state index contributed by atoms with van der Waals surface area (Å²) < 4.78 is 41.2. The highest BCUT2D eigenvalue weighted by atomic mass is 31.2. The zero-order chi connectivity index (χ0) is 21.3. The van der Waals surface area contributed by atoms with E-state index in [-0.39, 0.29) is 41.8 Å². The first-order valence-corrected chi connectivity index (χ1v) is 11.8. The lowest BCUT2D eigenvalue weighted by Crippen LogP contribution is -2.35. The van der Waals surface area contributed by atoms with E-state index in [1.165, 1.54) is 0 Å². The highest BCUT2D eigenvalue weighted by Gasteiger charge is 2.42. The van der Waals surface area contributed by atoms with Gasteiger partial charge in [-0.2, -0.15) is 0 Å². The largest absolute Gasteiger partial charge is 0.472 e. The van der Waals surface area contributed by atoms with Crippen molar-refractivity contribution in [3.8, 4) is 0 Å². The number of hydrogen-bond acceptors (Lipinski definition) is 6. The van der Waals surface area contributed by atoms with E-state index in [4.69, 9.17) is 23.3 Å². The van der Waals surface area contributed by atoms with Crippen LogP contribution in [-0.2, 0) is 27.8 Å². The van der Waals surface area contributed by atoms with E-state index in [1.54, 1.807) is 0 Å². The van der Waals surface area contributed by atoms with Crippen LogP contribution in [0.15, 0.2) is 0 Å². The second-order valence-corrected chi connectivity index (χ2v) is 11.8. The summed E-state index contributed by atoms with van der Waals surface area (Å²) in [5, 5.41) is 0. The third-order valence-electron chi connectivity index (χ3n) is 4.76. The smallest absolute Gasteiger partial charge is 0.381 e. The molecule has 0 aromatic heterocycles. The zero-order valence-electron chi connectivity index (χ0n) is 18.6. The molecule has 28 heavy (non-hydrogen) atoms. The molecule has 7 unspecified atom stereocenters. The molecule has 7 atom stereocenters. The SMILES string of the molecule is BC1CC(OC(C)(C)C)C(COP(=O)(O)OC2CC(B)OC2CC(C)(C)C)O1. The van der Waals surface area contributed by atoms with Gasteiger partial charge in [-0.3, -0.25) is 9.05 Å². The van der Waals surface area contributed by atoms with Gasteiger partial charge in [0.2, 0.25) is 0 Å². The number of ether oxygens (including phenoxy) is 3. The Labute approximate surface area is 171 Å². The Hall–Kier alpha value is 0.120. The maximum Gasteiger partial charge on any atom is 0.472 e. The molecule has 2 rings (SSSR count). The lowest BCUT2D eigenvalue weighted by molar-refractivity contribution is -0.0992. The third-order valence-corrected chi connectivity index (χ3v) is 5.77. The molecule has 0 aromatic carbocycles. The van der Waals surface area contributed by atoms with Crippen LogP contribution in [0.5, 0.6) is 0 Å². The first-order valence-electron chi connectivity index (χ1n) is 10.3. The van der Waals surface area contributed by atoms with E-state index in [1.807, 2.05) is 36.5 Å². The molecule has 2 aliphatic rings. The zero-order valence-corrected chi connectivity index (χ0v) is 19.5. The first-order chi connectivity index (χ1) is 12.6. The average Bonchev–Trinajstić information content (AvgIpc) is 2.95. The molecular formula is C18H37B2O7P. The summed E-state index contributed by atoms with van der Waals surface area (Å²) in [5.41, 5.74) is -0.296. The molecule has 2 fully saturated rings. The molecule has 1 N–H and O–H groups in total. The Morgan fingerprint density at radius 2 is 1.54 bits per heavy atom. The molecule has 0 saturated carbocycles. The van der Waals surface area contributed by atoms with Gasteiger partial charge in [0, 0.05) is 12.0 Å². The van der Waals surface area contributed by atoms with Gasteiger partial charge in [-0.05, 0) is 45.4 Å². The molecule has 0 radical (unpaired) electrons. The number of hydrogen-bond donors (Lipinski definition) is 1. The normalized spacial score (nSPS) is 36.5. The van der Waals surface area contributed by atoms with E-state index < -0.39 is 20.0 Å². The minimum atomic E-state index is -4.24. The van der Waals surface area contributed by atoms with Gasteiger partial charge in [0.1, 0.15) is 21.8 Å². The molecule has 0 amide bonds. The Morgan fingerprint density at radius 3 is 2.07 bits per heavy atom. The highest BCUT2D eigenvalue weighted by Crippen LogP contribution is 2.48. The Morgan fingerprint density at radius 1 is 1.00 bits per heavy atom. The van der Waals surface area contributed by atoms with Crippen molar-refractivity contribution in [1.29, 1.82) is 0 Å². The Bertz CT molecular complexity index is 563. The van der Waals surface area contributed by atoms with Gasteiger partial charge in [0.15, 0.2) is 0 Å². The first kappa shape index (κ1) is 24.4. The minimum Gasteiger partial charge on any atom is -0.381 e. The minimum absolute atomic E-state index is 0.0130. The molecule has 10 heteroatoms. The van der Waals surface area contributed by atoms with E-state index in [0.717, 1.165) is 12.8 Å². The molecule has 0 bridgehead atoms. The molecular weight excluding hydrogens is 381 g/mol. The van der Waals surface area contributed by atoms with Gasteiger partial charge in [-0.15, -0.1) is 0 Å². The standard InChI is InChI=1S/C18H37B2O7P/c1-17(2,3)9-13-12(8-16(20)24-13)27-28(21,22)23-10-14-11(7-15(19)25-14)26-18(4,5)6/h11-16H,7-10,19-20H2,1-6H3,(H,21,22). The van der Waals surface area contributed by atoms with Gasteiger partial charge in [-0.25, -0.2) is 4.57 Å². The topological polar surface area (TPSA) is 83.5 Å². The van der Waals surface area contributed by atoms with Crippen LogP contribution in [0.2, 0.25) is 0 Å². The molecule has 2 saturated heterocycles. The van der Waals surface area contributed by atoms with Crippen LogP contribution in [0.1, 0.15) is 60.8 Å². The molecule has 162 valence electrons. The maximum atomic E-state index is 12.6. The highest BCUT2D eigenvalue weighted by molar-refractivity contribution is 7.47. The van der Waals surface area contributed by atoms with Crippen molar-refractivity contribution >= 4 is 23.5 Å². The predicted octanol–water partition coefficient (Wildman–Crippen LogP) is 1.60. The molecule has 2 heterocycles. The summed E-state index contributed by atoms with van der Waals surface area (Å²) in [4.78, 5) is 10.3. The Balaban J connectivity index is 1.92. The van der Waals surface area contributed by atoms with Crippen LogP contribution >= 0.6 is 7.82 Å². The predicted molar refractivity (Wildman–Crippen MR) is 113 cm³/mol. The third kappa shape index (κ3) is 8.10. The van der Waals surface area contributed by atoms with Crippen molar-refractivity contribution < 1.29 is 32.7 Å². The van der Waals surface area contributed by atoms with Crippen LogP contribution in [0.25, 0.3) is 0 Å². The summed E-state index contributed by atoms with van der Waals surface area (Å²) in [6.07, 6.45) is 0.771. The number of phosphoric ester groups is 1. The average molecular weight is 418 g/mol. The van der Waals surface area contributed by atoms with Gasteiger partial charge in [0.05, 0.1) is 30.5 Å². The summed E-state index contributed by atoms with van der Waals surface area (Å²) in [5.74, 6) is 0. The second kappa shape index (κ2) is 9.09. The van der Waals surface area contributed by atoms with E-state index in [9.17, 15) is 9.46 Å². The monoisotopic (exact) mass is 418 g/mol. The molecule has 0 spiro atoms. The van der Waals surface area contributed by atoms with E-state index >= 15 is 0 Å². The molecule has 2 aliphatic heterocycles. The lowest BCUT2D eigenvalue weighted by atomic mass is 9.87.